The third-order valence-electron chi connectivity index (χ3n) is 3.56. The van der Waals surface area contributed by atoms with Gasteiger partial charge in [0, 0.05) is 17.4 Å². The standard InChI is InChI=1S/C17H16ClN3O2/c1-11-4-3-5-16-20-13(9-17(22)21(11)16)10-19-12-6-7-15(23-2)14(18)8-12/h3-9,19H,10H2,1-2H3. The predicted molar refractivity (Wildman–Crippen MR) is 91.5 cm³/mol. The number of rotatable bonds is 4. The number of ether oxygens (including phenoxy) is 1. The van der Waals surface area contributed by atoms with Crippen molar-refractivity contribution in [1.29, 1.82) is 0 Å². The number of nitrogens with zero attached hydrogens (tertiary/aromatic N) is 2. The summed E-state index contributed by atoms with van der Waals surface area (Å²) in [6.07, 6.45) is 0. The summed E-state index contributed by atoms with van der Waals surface area (Å²) in [6, 6.07) is 12.6. The van der Waals surface area contributed by atoms with Gasteiger partial charge < -0.3 is 10.1 Å². The van der Waals surface area contributed by atoms with Gasteiger partial charge in [0.1, 0.15) is 11.4 Å². The first-order valence-corrected chi connectivity index (χ1v) is 7.52. The molecular weight excluding hydrogens is 314 g/mol. The lowest BCUT2D eigenvalue weighted by Gasteiger charge is -2.10. The van der Waals surface area contributed by atoms with Crippen LogP contribution in [0.5, 0.6) is 5.75 Å². The summed E-state index contributed by atoms with van der Waals surface area (Å²) in [4.78, 5) is 16.7. The lowest BCUT2D eigenvalue weighted by molar-refractivity contribution is 0.415. The number of hydrogen-bond acceptors (Lipinski definition) is 4. The lowest BCUT2D eigenvalue weighted by atomic mass is 10.3. The number of aromatic nitrogens is 2. The highest BCUT2D eigenvalue weighted by molar-refractivity contribution is 6.32. The monoisotopic (exact) mass is 329 g/mol. The topological polar surface area (TPSA) is 55.6 Å². The van der Waals surface area contributed by atoms with E-state index in [0.29, 0.717) is 28.7 Å². The van der Waals surface area contributed by atoms with Gasteiger partial charge in [-0.3, -0.25) is 9.20 Å². The number of anilines is 1. The SMILES string of the molecule is COc1ccc(NCc2cc(=O)n3c(C)cccc3n2)cc1Cl. The summed E-state index contributed by atoms with van der Waals surface area (Å²) in [5.41, 5.74) is 2.93. The minimum absolute atomic E-state index is 0.0855. The Hall–Kier alpha value is -2.53. The van der Waals surface area contributed by atoms with Gasteiger partial charge in [0.05, 0.1) is 24.4 Å². The van der Waals surface area contributed by atoms with Gasteiger partial charge in [-0.15, -0.1) is 0 Å². The molecule has 3 rings (SSSR count). The number of aryl methyl sites for hydroxylation is 1. The Morgan fingerprint density at radius 1 is 1.26 bits per heavy atom. The highest BCUT2D eigenvalue weighted by atomic mass is 35.5. The highest BCUT2D eigenvalue weighted by Gasteiger charge is 2.05. The van der Waals surface area contributed by atoms with Crippen LogP contribution in [0.3, 0.4) is 0 Å². The van der Waals surface area contributed by atoms with Gasteiger partial charge in [0.2, 0.25) is 0 Å². The minimum Gasteiger partial charge on any atom is -0.495 e. The van der Waals surface area contributed by atoms with E-state index in [1.165, 1.54) is 6.07 Å². The summed E-state index contributed by atoms with van der Waals surface area (Å²) in [7, 11) is 1.57. The molecule has 0 aliphatic rings. The first-order valence-electron chi connectivity index (χ1n) is 7.14. The van der Waals surface area contributed by atoms with Crippen LogP contribution in [0.15, 0.2) is 47.3 Å². The van der Waals surface area contributed by atoms with Crippen molar-refractivity contribution in [2.45, 2.75) is 13.5 Å². The van der Waals surface area contributed by atoms with Crippen LogP contribution in [0.25, 0.3) is 5.65 Å². The molecule has 0 spiro atoms. The predicted octanol–water partition coefficient (Wildman–Crippen LogP) is 3.28. The van der Waals surface area contributed by atoms with Crippen LogP contribution in [0.4, 0.5) is 5.69 Å². The molecule has 3 aromatic rings. The number of hydrogen-bond donors (Lipinski definition) is 1. The maximum Gasteiger partial charge on any atom is 0.258 e. The highest BCUT2D eigenvalue weighted by Crippen LogP contribution is 2.27. The second-order valence-electron chi connectivity index (χ2n) is 5.15. The van der Waals surface area contributed by atoms with Gasteiger partial charge in [-0.25, -0.2) is 4.98 Å². The van der Waals surface area contributed by atoms with E-state index in [1.807, 2.05) is 31.2 Å². The first kappa shape index (κ1) is 15.4. The van der Waals surface area contributed by atoms with Gasteiger partial charge in [-0.2, -0.15) is 0 Å². The molecule has 6 heteroatoms. The van der Waals surface area contributed by atoms with Crippen LogP contribution in [0.2, 0.25) is 5.02 Å². The maximum absolute atomic E-state index is 12.2. The number of methoxy groups -OCH3 is 1. The Morgan fingerprint density at radius 2 is 2.09 bits per heavy atom. The van der Waals surface area contributed by atoms with E-state index < -0.39 is 0 Å². The van der Waals surface area contributed by atoms with E-state index in [0.717, 1.165) is 11.4 Å². The van der Waals surface area contributed by atoms with Crippen molar-refractivity contribution in [3.63, 3.8) is 0 Å². The Balaban J connectivity index is 1.85. The number of nitrogens with one attached hydrogen (secondary N) is 1. The van der Waals surface area contributed by atoms with Crippen molar-refractivity contribution in [1.82, 2.24) is 9.38 Å². The molecule has 0 aliphatic carbocycles. The fraction of sp³-hybridized carbons (Fsp3) is 0.176. The quantitative estimate of drug-likeness (QED) is 0.798. The molecule has 2 heterocycles. The molecule has 0 radical (unpaired) electrons. The van der Waals surface area contributed by atoms with Crippen molar-refractivity contribution < 1.29 is 4.74 Å². The van der Waals surface area contributed by atoms with E-state index in [4.69, 9.17) is 16.3 Å². The lowest BCUT2D eigenvalue weighted by Crippen LogP contribution is -2.18. The van der Waals surface area contributed by atoms with Crippen molar-refractivity contribution in [2.24, 2.45) is 0 Å². The molecule has 118 valence electrons. The van der Waals surface area contributed by atoms with E-state index in [1.54, 1.807) is 23.6 Å². The van der Waals surface area contributed by atoms with Crippen LogP contribution in [-0.4, -0.2) is 16.5 Å². The molecule has 0 unspecified atom stereocenters. The molecule has 23 heavy (non-hydrogen) atoms. The van der Waals surface area contributed by atoms with Crippen LogP contribution in [0, 0.1) is 6.92 Å². The van der Waals surface area contributed by atoms with Crippen LogP contribution in [0.1, 0.15) is 11.4 Å². The van der Waals surface area contributed by atoms with Crippen molar-refractivity contribution in [3.05, 3.63) is 69.2 Å². The van der Waals surface area contributed by atoms with Gasteiger partial charge in [-0.1, -0.05) is 17.7 Å². The van der Waals surface area contributed by atoms with Crippen molar-refractivity contribution in [2.75, 3.05) is 12.4 Å². The molecule has 0 saturated carbocycles. The van der Waals surface area contributed by atoms with Gasteiger partial charge in [0.15, 0.2) is 0 Å². The molecule has 0 bridgehead atoms. The zero-order valence-corrected chi connectivity index (χ0v) is 13.6. The smallest absolute Gasteiger partial charge is 0.258 e. The number of benzene rings is 1. The fourth-order valence-electron chi connectivity index (χ4n) is 2.42. The van der Waals surface area contributed by atoms with Crippen LogP contribution >= 0.6 is 11.6 Å². The molecule has 1 N–H and O–H groups in total. The molecule has 0 amide bonds. The Bertz CT molecular complexity index is 921. The van der Waals surface area contributed by atoms with Crippen LogP contribution < -0.4 is 15.6 Å². The summed E-state index contributed by atoms with van der Waals surface area (Å²) in [6.45, 7) is 2.32. The van der Waals surface area contributed by atoms with E-state index in [2.05, 4.69) is 10.3 Å². The molecule has 1 aromatic carbocycles. The summed E-state index contributed by atoms with van der Waals surface area (Å²) in [5, 5.41) is 3.74. The molecular formula is C17H16ClN3O2. The number of halogens is 1. The third kappa shape index (κ3) is 3.14. The molecule has 0 saturated heterocycles. The average molecular weight is 330 g/mol. The number of fused-ring (bicyclic) bond motifs is 1. The second-order valence-corrected chi connectivity index (χ2v) is 5.56. The van der Waals surface area contributed by atoms with Crippen molar-refractivity contribution in [3.8, 4) is 5.75 Å². The van der Waals surface area contributed by atoms with Crippen LogP contribution in [-0.2, 0) is 6.54 Å². The Labute approximate surface area is 138 Å². The van der Waals surface area contributed by atoms with Gasteiger partial charge in [0.25, 0.3) is 5.56 Å². The largest absolute Gasteiger partial charge is 0.495 e. The second kappa shape index (κ2) is 6.30. The average Bonchev–Trinajstić information content (AvgIpc) is 2.53. The number of pyridine rings is 1. The molecule has 0 fully saturated rings. The molecule has 0 aliphatic heterocycles. The fourth-order valence-corrected chi connectivity index (χ4v) is 2.68. The molecule has 0 atom stereocenters. The van der Waals surface area contributed by atoms with Gasteiger partial charge >= 0.3 is 0 Å². The summed E-state index contributed by atoms with van der Waals surface area (Å²) < 4.78 is 6.71. The zero-order valence-electron chi connectivity index (χ0n) is 12.8. The molecule has 2 aromatic heterocycles. The summed E-state index contributed by atoms with van der Waals surface area (Å²) in [5.74, 6) is 0.620. The van der Waals surface area contributed by atoms with E-state index in [-0.39, 0.29) is 5.56 Å². The van der Waals surface area contributed by atoms with E-state index >= 15 is 0 Å². The minimum atomic E-state index is -0.0855. The van der Waals surface area contributed by atoms with Gasteiger partial charge in [-0.05, 0) is 37.3 Å². The Kier molecular flexibility index (Phi) is 4.21. The maximum atomic E-state index is 12.2. The summed E-state index contributed by atoms with van der Waals surface area (Å²) >= 11 is 6.10. The Morgan fingerprint density at radius 3 is 2.83 bits per heavy atom. The van der Waals surface area contributed by atoms with E-state index in [9.17, 15) is 4.79 Å². The zero-order chi connectivity index (χ0) is 16.4. The van der Waals surface area contributed by atoms with Crippen molar-refractivity contribution >= 4 is 22.9 Å². The third-order valence-corrected chi connectivity index (χ3v) is 3.85. The normalized spacial score (nSPS) is 10.7. The first-order chi connectivity index (χ1) is 11.1. The molecule has 5 nitrogen and oxygen atoms in total.